The molecule has 0 aliphatic heterocycles. The van der Waals surface area contributed by atoms with E-state index in [1.807, 2.05) is 6.92 Å². The highest BCUT2D eigenvalue weighted by molar-refractivity contribution is 7.17. The summed E-state index contributed by atoms with van der Waals surface area (Å²) in [4.78, 5) is 12.9. The molecule has 2 heterocycles. The Kier molecular flexibility index (Phi) is 3.43. The predicted octanol–water partition coefficient (Wildman–Crippen LogP) is 1.32. The first-order valence-electron chi connectivity index (χ1n) is 6.59. The molecule has 0 saturated heterocycles. The van der Waals surface area contributed by atoms with E-state index < -0.39 is 5.41 Å². The van der Waals surface area contributed by atoms with Crippen LogP contribution < -0.4 is 0 Å². The molecular weight excluding hydrogens is 280 g/mol. The highest BCUT2D eigenvalue weighted by atomic mass is 32.1. The number of aromatic nitrogens is 4. The molecule has 8 heteroatoms. The van der Waals surface area contributed by atoms with Gasteiger partial charge >= 0.3 is 5.97 Å². The zero-order valence-electron chi connectivity index (χ0n) is 11.5. The summed E-state index contributed by atoms with van der Waals surface area (Å²) in [6.07, 6.45) is 2.59. The fraction of sp³-hybridized carbons (Fsp3) is 0.667. The first-order chi connectivity index (χ1) is 9.71. The number of rotatable bonds is 5. The van der Waals surface area contributed by atoms with Gasteiger partial charge in [-0.3, -0.25) is 4.79 Å². The summed E-state index contributed by atoms with van der Waals surface area (Å²) in [5.74, 6) is 0.466. The molecule has 0 radical (unpaired) electrons. The molecule has 1 aliphatic rings. The molecule has 7 nitrogen and oxygen atoms in total. The van der Waals surface area contributed by atoms with Gasteiger partial charge in [-0.05, 0) is 19.8 Å². The van der Waals surface area contributed by atoms with Crippen LogP contribution in [0.25, 0.3) is 4.96 Å². The maximum Gasteiger partial charge on any atom is 0.319 e. The monoisotopic (exact) mass is 296 g/mol. The summed E-state index contributed by atoms with van der Waals surface area (Å²) in [5, 5.41) is 13.4. The van der Waals surface area contributed by atoms with Crippen LogP contribution in [0.3, 0.4) is 0 Å². The molecule has 1 saturated carbocycles. The van der Waals surface area contributed by atoms with E-state index in [0.29, 0.717) is 24.0 Å². The molecule has 0 N–H and O–H groups in total. The van der Waals surface area contributed by atoms with Gasteiger partial charge in [-0.2, -0.15) is 9.61 Å². The van der Waals surface area contributed by atoms with E-state index in [4.69, 9.17) is 9.47 Å². The highest BCUT2D eigenvalue weighted by Gasteiger charge is 2.50. The molecule has 0 unspecified atom stereocenters. The van der Waals surface area contributed by atoms with Gasteiger partial charge < -0.3 is 9.47 Å². The number of carbonyl (C=O) groups excluding carboxylic acids is 1. The second-order valence-electron chi connectivity index (χ2n) is 4.81. The number of carbonyl (C=O) groups is 1. The van der Waals surface area contributed by atoms with Crippen LogP contribution in [0, 0.1) is 0 Å². The van der Waals surface area contributed by atoms with Gasteiger partial charge in [0, 0.05) is 7.11 Å². The molecule has 0 spiro atoms. The van der Waals surface area contributed by atoms with Crippen LogP contribution in [0.1, 0.15) is 37.0 Å². The Bertz CT molecular complexity index is 632. The first kappa shape index (κ1) is 13.4. The molecule has 0 aromatic carbocycles. The van der Waals surface area contributed by atoms with Crippen LogP contribution in [0.15, 0.2) is 0 Å². The molecule has 0 bridgehead atoms. The smallest absolute Gasteiger partial charge is 0.319 e. The second-order valence-corrected chi connectivity index (χ2v) is 5.76. The molecule has 20 heavy (non-hydrogen) atoms. The lowest BCUT2D eigenvalue weighted by Crippen LogP contribution is -2.43. The van der Waals surface area contributed by atoms with Crippen molar-refractivity contribution in [3.05, 3.63) is 10.8 Å². The average molecular weight is 296 g/mol. The lowest BCUT2D eigenvalue weighted by Gasteiger charge is -2.36. The zero-order valence-corrected chi connectivity index (χ0v) is 12.3. The Labute approximate surface area is 119 Å². The van der Waals surface area contributed by atoms with Gasteiger partial charge in [0.05, 0.1) is 6.61 Å². The minimum absolute atomic E-state index is 0.176. The van der Waals surface area contributed by atoms with Crippen molar-refractivity contribution in [3.63, 3.8) is 0 Å². The molecule has 2 aromatic heterocycles. The van der Waals surface area contributed by atoms with Gasteiger partial charge in [-0.1, -0.05) is 17.8 Å². The van der Waals surface area contributed by atoms with Crippen molar-refractivity contribution in [2.45, 2.75) is 38.2 Å². The largest absolute Gasteiger partial charge is 0.465 e. The zero-order chi connectivity index (χ0) is 14.2. The average Bonchev–Trinajstić information content (AvgIpc) is 2.91. The van der Waals surface area contributed by atoms with Gasteiger partial charge in [0.1, 0.15) is 17.0 Å². The third kappa shape index (κ3) is 1.90. The standard InChI is InChI=1S/C12H16N4O3S/c1-3-19-10(17)12(5-4-6-12)9-15-16-8(7-18-2)13-14-11(16)20-9/h3-7H2,1-2H3. The van der Waals surface area contributed by atoms with Crippen LogP contribution in [0.5, 0.6) is 0 Å². The summed E-state index contributed by atoms with van der Waals surface area (Å²) >= 11 is 1.40. The Morgan fingerprint density at radius 1 is 1.45 bits per heavy atom. The Morgan fingerprint density at radius 2 is 2.25 bits per heavy atom. The maximum atomic E-state index is 12.2. The van der Waals surface area contributed by atoms with E-state index in [0.717, 1.165) is 24.3 Å². The quantitative estimate of drug-likeness (QED) is 0.774. The van der Waals surface area contributed by atoms with Crippen LogP contribution in [-0.4, -0.2) is 39.5 Å². The van der Waals surface area contributed by atoms with Crippen molar-refractivity contribution in [3.8, 4) is 0 Å². The molecule has 1 fully saturated rings. The summed E-state index contributed by atoms with van der Waals surface area (Å²) in [6, 6.07) is 0. The number of nitrogens with zero attached hydrogens (tertiary/aromatic N) is 4. The van der Waals surface area contributed by atoms with E-state index in [1.165, 1.54) is 11.3 Å². The summed E-state index contributed by atoms with van der Waals surface area (Å²) in [6.45, 7) is 2.55. The SMILES string of the molecule is CCOC(=O)C1(c2nn3c(COC)nnc3s2)CCC1. The molecule has 108 valence electrons. The summed E-state index contributed by atoms with van der Waals surface area (Å²) in [7, 11) is 1.60. The van der Waals surface area contributed by atoms with E-state index in [-0.39, 0.29) is 5.97 Å². The number of fused-ring (bicyclic) bond motifs is 1. The maximum absolute atomic E-state index is 12.2. The normalized spacial score (nSPS) is 17.1. The van der Waals surface area contributed by atoms with E-state index in [9.17, 15) is 4.79 Å². The van der Waals surface area contributed by atoms with Gasteiger partial charge in [0.25, 0.3) is 0 Å². The van der Waals surface area contributed by atoms with Gasteiger partial charge in [-0.15, -0.1) is 10.2 Å². The molecule has 3 rings (SSSR count). The van der Waals surface area contributed by atoms with Crippen LogP contribution in [-0.2, 0) is 26.3 Å². The van der Waals surface area contributed by atoms with E-state index in [1.54, 1.807) is 11.6 Å². The third-order valence-corrected chi connectivity index (χ3v) is 4.71. The molecule has 2 aromatic rings. The van der Waals surface area contributed by atoms with Crippen molar-refractivity contribution in [1.29, 1.82) is 0 Å². The lowest BCUT2D eigenvalue weighted by atomic mass is 9.69. The summed E-state index contributed by atoms with van der Waals surface area (Å²) < 4.78 is 11.9. The molecule has 1 aliphatic carbocycles. The first-order valence-corrected chi connectivity index (χ1v) is 7.40. The second kappa shape index (κ2) is 5.10. The number of methoxy groups -OCH3 is 1. The van der Waals surface area contributed by atoms with Crippen molar-refractivity contribution in [2.75, 3.05) is 13.7 Å². The topological polar surface area (TPSA) is 78.6 Å². The van der Waals surface area contributed by atoms with Gasteiger partial charge in [0.2, 0.25) is 4.96 Å². The van der Waals surface area contributed by atoms with Crippen molar-refractivity contribution >= 4 is 22.3 Å². The van der Waals surface area contributed by atoms with Crippen LogP contribution >= 0.6 is 11.3 Å². The Morgan fingerprint density at radius 3 is 2.85 bits per heavy atom. The molecule has 0 atom stereocenters. The number of esters is 1. The minimum Gasteiger partial charge on any atom is -0.465 e. The van der Waals surface area contributed by atoms with Crippen molar-refractivity contribution in [1.82, 2.24) is 19.8 Å². The summed E-state index contributed by atoms with van der Waals surface area (Å²) in [5.41, 5.74) is -0.578. The van der Waals surface area contributed by atoms with Crippen LogP contribution in [0.2, 0.25) is 0 Å². The number of hydrogen-bond donors (Lipinski definition) is 0. The van der Waals surface area contributed by atoms with E-state index in [2.05, 4.69) is 15.3 Å². The lowest BCUT2D eigenvalue weighted by molar-refractivity contribution is -0.154. The Hall–Kier alpha value is -1.54. The van der Waals surface area contributed by atoms with Crippen molar-refractivity contribution < 1.29 is 14.3 Å². The highest BCUT2D eigenvalue weighted by Crippen LogP contribution is 2.46. The van der Waals surface area contributed by atoms with Gasteiger partial charge in [0.15, 0.2) is 5.82 Å². The number of ether oxygens (including phenoxy) is 2. The Balaban J connectivity index is 1.98. The molecule has 0 amide bonds. The van der Waals surface area contributed by atoms with Crippen LogP contribution in [0.4, 0.5) is 0 Å². The third-order valence-electron chi connectivity index (χ3n) is 3.61. The predicted molar refractivity (Wildman–Crippen MR) is 71.5 cm³/mol. The number of hydrogen-bond acceptors (Lipinski definition) is 7. The van der Waals surface area contributed by atoms with Crippen molar-refractivity contribution in [2.24, 2.45) is 0 Å². The van der Waals surface area contributed by atoms with Gasteiger partial charge in [-0.25, -0.2) is 0 Å². The molecular formula is C12H16N4O3S. The van der Waals surface area contributed by atoms with E-state index >= 15 is 0 Å². The fourth-order valence-corrected chi connectivity index (χ4v) is 3.47. The minimum atomic E-state index is -0.578. The fourth-order valence-electron chi connectivity index (χ4n) is 2.37.